The van der Waals surface area contributed by atoms with Crippen molar-refractivity contribution in [1.82, 2.24) is 0 Å². The number of hydrogen-bond acceptors (Lipinski definition) is 2. The van der Waals surface area contributed by atoms with Crippen molar-refractivity contribution in [3.63, 3.8) is 0 Å². The average molecular weight is 227 g/mol. The third kappa shape index (κ3) is 3.70. The van der Waals surface area contributed by atoms with Crippen molar-refractivity contribution in [3.8, 4) is 0 Å². The molecule has 0 fully saturated rings. The van der Waals surface area contributed by atoms with E-state index in [-0.39, 0.29) is 17.8 Å². The summed E-state index contributed by atoms with van der Waals surface area (Å²) < 4.78 is 25.8. The lowest BCUT2D eigenvalue weighted by molar-refractivity contribution is 0.0968. The van der Waals surface area contributed by atoms with E-state index < -0.39 is 17.2 Å². The molecule has 4 heteroatoms. The van der Waals surface area contributed by atoms with Gasteiger partial charge in [-0.2, -0.15) is 0 Å². The summed E-state index contributed by atoms with van der Waals surface area (Å²) in [7, 11) is 0. The van der Waals surface area contributed by atoms with Gasteiger partial charge in [-0.25, -0.2) is 8.78 Å². The summed E-state index contributed by atoms with van der Waals surface area (Å²) >= 11 is 0. The number of nitrogens with two attached hydrogens (primary N) is 1. The number of rotatable bonds is 4. The van der Waals surface area contributed by atoms with Crippen molar-refractivity contribution in [3.05, 3.63) is 35.4 Å². The Labute approximate surface area is 93.5 Å². The zero-order valence-electron chi connectivity index (χ0n) is 9.39. The van der Waals surface area contributed by atoms with Crippen molar-refractivity contribution in [1.29, 1.82) is 0 Å². The Hall–Kier alpha value is -1.29. The molecule has 0 unspecified atom stereocenters. The Morgan fingerprint density at radius 1 is 1.38 bits per heavy atom. The molecule has 0 aromatic heterocycles. The second-order valence-corrected chi connectivity index (χ2v) is 4.54. The van der Waals surface area contributed by atoms with Crippen molar-refractivity contribution < 1.29 is 13.6 Å². The highest BCUT2D eigenvalue weighted by Crippen LogP contribution is 2.15. The van der Waals surface area contributed by atoms with Gasteiger partial charge in [0.05, 0.1) is 5.56 Å². The molecule has 0 heterocycles. The quantitative estimate of drug-likeness (QED) is 0.803. The third-order valence-electron chi connectivity index (χ3n) is 2.23. The summed E-state index contributed by atoms with van der Waals surface area (Å²) in [6, 6.07) is 2.95. The monoisotopic (exact) mass is 227 g/mol. The first-order chi connectivity index (χ1) is 7.29. The van der Waals surface area contributed by atoms with Gasteiger partial charge in [-0.05, 0) is 32.4 Å². The highest BCUT2D eigenvalue weighted by Gasteiger charge is 2.17. The molecule has 0 aliphatic carbocycles. The topological polar surface area (TPSA) is 43.1 Å². The fourth-order valence-corrected chi connectivity index (χ4v) is 1.29. The second-order valence-electron chi connectivity index (χ2n) is 4.54. The number of ketones is 1. The lowest BCUT2D eigenvalue weighted by Gasteiger charge is -2.17. The van der Waals surface area contributed by atoms with Crippen LogP contribution in [-0.4, -0.2) is 11.3 Å². The van der Waals surface area contributed by atoms with Gasteiger partial charge in [0.1, 0.15) is 11.6 Å². The first-order valence-electron chi connectivity index (χ1n) is 5.07. The maximum atomic E-state index is 13.2. The molecule has 0 aliphatic heterocycles. The predicted molar refractivity (Wildman–Crippen MR) is 58.2 cm³/mol. The number of carbonyl (C=O) groups excluding carboxylic acids is 1. The molecule has 0 atom stereocenters. The first kappa shape index (κ1) is 12.8. The van der Waals surface area contributed by atoms with E-state index in [0.29, 0.717) is 12.5 Å². The van der Waals surface area contributed by atoms with E-state index in [0.717, 1.165) is 12.1 Å². The van der Waals surface area contributed by atoms with Crippen LogP contribution < -0.4 is 5.73 Å². The fourth-order valence-electron chi connectivity index (χ4n) is 1.29. The van der Waals surface area contributed by atoms with Gasteiger partial charge in [0.15, 0.2) is 5.78 Å². The molecule has 1 rings (SSSR count). The molecule has 0 saturated carbocycles. The predicted octanol–water partition coefficient (Wildman–Crippen LogP) is 2.67. The molecule has 0 radical (unpaired) electrons. The van der Waals surface area contributed by atoms with Crippen LogP contribution in [-0.2, 0) is 0 Å². The molecule has 2 nitrogen and oxygen atoms in total. The minimum Gasteiger partial charge on any atom is -0.326 e. The number of carbonyl (C=O) groups is 1. The highest BCUT2D eigenvalue weighted by molar-refractivity contribution is 5.96. The van der Waals surface area contributed by atoms with Gasteiger partial charge in [-0.15, -0.1) is 0 Å². The standard InChI is InChI=1S/C12H15F2NO/c1-12(2,15)6-5-11(16)9-4-3-8(13)7-10(9)14/h3-4,7H,5-6,15H2,1-2H3. The molecule has 1 aromatic rings. The van der Waals surface area contributed by atoms with E-state index in [9.17, 15) is 13.6 Å². The number of benzene rings is 1. The molecule has 0 saturated heterocycles. The Balaban J connectivity index is 2.74. The SMILES string of the molecule is CC(C)(N)CCC(=O)c1ccc(F)cc1F. The molecule has 0 spiro atoms. The Morgan fingerprint density at radius 2 is 2.00 bits per heavy atom. The molecule has 0 amide bonds. The summed E-state index contributed by atoms with van der Waals surface area (Å²) in [6.07, 6.45) is 0.620. The van der Waals surface area contributed by atoms with Gasteiger partial charge < -0.3 is 5.73 Å². The van der Waals surface area contributed by atoms with Gasteiger partial charge in [-0.3, -0.25) is 4.79 Å². The molecule has 0 bridgehead atoms. The number of Topliss-reactive ketones (excluding diaryl/α,β-unsaturated/α-hetero) is 1. The van der Waals surface area contributed by atoms with Crippen molar-refractivity contribution in [2.75, 3.05) is 0 Å². The van der Waals surface area contributed by atoms with Crippen LogP contribution in [0.2, 0.25) is 0 Å². The number of hydrogen-bond donors (Lipinski definition) is 1. The van der Waals surface area contributed by atoms with Gasteiger partial charge in [-0.1, -0.05) is 0 Å². The molecular weight excluding hydrogens is 212 g/mol. The van der Waals surface area contributed by atoms with E-state index >= 15 is 0 Å². The smallest absolute Gasteiger partial charge is 0.165 e. The van der Waals surface area contributed by atoms with Crippen LogP contribution in [0.3, 0.4) is 0 Å². The van der Waals surface area contributed by atoms with Crippen LogP contribution in [0.25, 0.3) is 0 Å². The Kier molecular flexibility index (Phi) is 3.75. The van der Waals surface area contributed by atoms with Crippen molar-refractivity contribution in [2.24, 2.45) is 5.73 Å². The van der Waals surface area contributed by atoms with Gasteiger partial charge in [0.2, 0.25) is 0 Å². The number of halogens is 2. The first-order valence-corrected chi connectivity index (χ1v) is 5.07. The summed E-state index contributed by atoms with van der Waals surface area (Å²) in [4.78, 5) is 11.6. The fraction of sp³-hybridized carbons (Fsp3) is 0.417. The second kappa shape index (κ2) is 4.70. The Morgan fingerprint density at radius 3 is 2.50 bits per heavy atom. The molecular formula is C12H15F2NO. The van der Waals surface area contributed by atoms with Gasteiger partial charge in [0, 0.05) is 18.0 Å². The van der Waals surface area contributed by atoms with Gasteiger partial charge in [0.25, 0.3) is 0 Å². The zero-order valence-corrected chi connectivity index (χ0v) is 9.39. The molecule has 0 aliphatic rings. The largest absolute Gasteiger partial charge is 0.326 e. The van der Waals surface area contributed by atoms with Gasteiger partial charge >= 0.3 is 0 Å². The molecule has 2 N–H and O–H groups in total. The summed E-state index contributed by atoms with van der Waals surface area (Å²) in [5, 5.41) is 0. The summed E-state index contributed by atoms with van der Waals surface area (Å²) in [5.41, 5.74) is 5.17. The zero-order chi connectivity index (χ0) is 12.3. The van der Waals surface area contributed by atoms with Crippen LogP contribution in [0.4, 0.5) is 8.78 Å². The normalized spacial score (nSPS) is 11.6. The van der Waals surface area contributed by atoms with Crippen molar-refractivity contribution in [2.45, 2.75) is 32.2 Å². The van der Waals surface area contributed by atoms with E-state index in [4.69, 9.17) is 5.73 Å². The van der Waals surface area contributed by atoms with E-state index in [1.807, 2.05) is 0 Å². The maximum Gasteiger partial charge on any atom is 0.165 e. The van der Waals surface area contributed by atoms with Crippen LogP contribution in [0.15, 0.2) is 18.2 Å². The maximum absolute atomic E-state index is 13.2. The third-order valence-corrected chi connectivity index (χ3v) is 2.23. The van der Waals surface area contributed by atoms with Crippen LogP contribution in [0.1, 0.15) is 37.0 Å². The van der Waals surface area contributed by atoms with Crippen molar-refractivity contribution >= 4 is 5.78 Å². The Bertz CT molecular complexity index is 396. The van der Waals surface area contributed by atoms with E-state index in [1.165, 1.54) is 0 Å². The summed E-state index contributed by atoms with van der Waals surface area (Å²) in [6.45, 7) is 3.59. The van der Waals surface area contributed by atoms with Crippen LogP contribution in [0, 0.1) is 11.6 Å². The molecule has 16 heavy (non-hydrogen) atoms. The minimum atomic E-state index is -0.820. The summed E-state index contributed by atoms with van der Waals surface area (Å²) in [5.74, 6) is -1.86. The lowest BCUT2D eigenvalue weighted by atomic mass is 9.96. The van der Waals surface area contributed by atoms with E-state index in [1.54, 1.807) is 13.8 Å². The lowest BCUT2D eigenvalue weighted by Crippen LogP contribution is -2.32. The van der Waals surface area contributed by atoms with Crippen LogP contribution >= 0.6 is 0 Å². The average Bonchev–Trinajstić information content (AvgIpc) is 2.13. The van der Waals surface area contributed by atoms with Crippen LogP contribution in [0.5, 0.6) is 0 Å². The van der Waals surface area contributed by atoms with E-state index in [2.05, 4.69) is 0 Å². The molecule has 88 valence electrons. The minimum absolute atomic E-state index is 0.0781. The molecule has 1 aromatic carbocycles. The highest BCUT2D eigenvalue weighted by atomic mass is 19.1.